The lowest BCUT2D eigenvalue weighted by Gasteiger charge is -2.28. The van der Waals surface area contributed by atoms with Gasteiger partial charge < -0.3 is 15.2 Å². The highest BCUT2D eigenvalue weighted by atomic mass is 16.2. The number of nitrogens with zero attached hydrogens (tertiary/aromatic N) is 1. The Balaban J connectivity index is 2.34. The molecule has 1 aromatic carbocycles. The van der Waals surface area contributed by atoms with Gasteiger partial charge in [0.25, 0.3) is 11.5 Å². The van der Waals surface area contributed by atoms with Crippen LogP contribution in [0.2, 0.25) is 0 Å². The molecular formula is C18H23N3O3. The van der Waals surface area contributed by atoms with Crippen molar-refractivity contribution in [2.24, 2.45) is 0 Å². The van der Waals surface area contributed by atoms with Crippen LogP contribution < -0.4 is 10.9 Å². The zero-order chi connectivity index (χ0) is 18.1. The molecule has 6 nitrogen and oxygen atoms in total. The van der Waals surface area contributed by atoms with E-state index in [9.17, 15) is 14.4 Å². The van der Waals surface area contributed by atoms with Gasteiger partial charge in [0.1, 0.15) is 6.04 Å². The molecule has 1 unspecified atom stereocenters. The van der Waals surface area contributed by atoms with Crippen molar-refractivity contribution in [1.29, 1.82) is 0 Å². The van der Waals surface area contributed by atoms with Crippen LogP contribution in [0.15, 0.2) is 35.3 Å². The fourth-order valence-corrected chi connectivity index (χ4v) is 2.40. The maximum absolute atomic E-state index is 12.8. The molecule has 0 bridgehead atoms. The Morgan fingerprint density at radius 3 is 2.33 bits per heavy atom. The molecule has 0 fully saturated rings. The second kappa shape index (κ2) is 6.47. The quantitative estimate of drug-likeness (QED) is 0.902. The molecule has 6 heteroatoms. The van der Waals surface area contributed by atoms with E-state index in [1.54, 1.807) is 38.2 Å². The van der Waals surface area contributed by atoms with Crippen LogP contribution in [-0.2, 0) is 4.79 Å². The molecule has 0 aliphatic carbocycles. The first-order valence-electron chi connectivity index (χ1n) is 7.81. The van der Waals surface area contributed by atoms with E-state index >= 15 is 0 Å². The van der Waals surface area contributed by atoms with Crippen molar-refractivity contribution >= 4 is 22.6 Å². The summed E-state index contributed by atoms with van der Waals surface area (Å²) in [6.45, 7) is 7.32. The third kappa shape index (κ3) is 3.64. The molecule has 0 aliphatic heterocycles. The van der Waals surface area contributed by atoms with E-state index < -0.39 is 6.04 Å². The van der Waals surface area contributed by atoms with Crippen LogP contribution >= 0.6 is 0 Å². The van der Waals surface area contributed by atoms with E-state index in [4.69, 9.17) is 0 Å². The number of amides is 2. The molecule has 2 amide bonds. The number of H-pyrrole nitrogens is 1. The minimum atomic E-state index is -0.637. The number of fused-ring (bicyclic) bond motifs is 1. The molecule has 128 valence electrons. The van der Waals surface area contributed by atoms with Gasteiger partial charge in [-0.2, -0.15) is 0 Å². The summed E-state index contributed by atoms with van der Waals surface area (Å²) >= 11 is 0. The molecule has 1 atom stereocenters. The highest BCUT2D eigenvalue weighted by Gasteiger charge is 2.27. The average molecular weight is 329 g/mol. The monoisotopic (exact) mass is 329 g/mol. The number of carbonyl (C=O) groups is 2. The zero-order valence-corrected chi connectivity index (χ0v) is 14.6. The number of benzene rings is 1. The maximum Gasteiger partial charge on any atom is 0.256 e. The summed E-state index contributed by atoms with van der Waals surface area (Å²) in [6, 6.07) is 6.28. The maximum atomic E-state index is 12.8. The molecule has 0 aliphatic rings. The number of aromatic nitrogens is 1. The van der Waals surface area contributed by atoms with Crippen molar-refractivity contribution in [1.82, 2.24) is 15.2 Å². The van der Waals surface area contributed by atoms with E-state index in [1.165, 1.54) is 11.1 Å². The molecule has 2 N–H and O–H groups in total. The Bertz CT molecular complexity index is 833. The number of hydrogen-bond acceptors (Lipinski definition) is 3. The van der Waals surface area contributed by atoms with Gasteiger partial charge in [-0.1, -0.05) is 18.2 Å². The first kappa shape index (κ1) is 17.7. The molecule has 24 heavy (non-hydrogen) atoms. The summed E-state index contributed by atoms with van der Waals surface area (Å²) in [5, 5.41) is 3.88. The Morgan fingerprint density at radius 2 is 1.75 bits per heavy atom. The summed E-state index contributed by atoms with van der Waals surface area (Å²) in [4.78, 5) is 40.9. The van der Waals surface area contributed by atoms with Crippen molar-refractivity contribution in [3.63, 3.8) is 0 Å². The van der Waals surface area contributed by atoms with Crippen molar-refractivity contribution in [2.45, 2.75) is 39.3 Å². The number of hydrogen-bond donors (Lipinski definition) is 2. The molecule has 2 rings (SSSR count). The molecule has 0 saturated heterocycles. The van der Waals surface area contributed by atoms with Gasteiger partial charge in [0.2, 0.25) is 5.91 Å². The van der Waals surface area contributed by atoms with Crippen LogP contribution in [0.3, 0.4) is 0 Å². The zero-order valence-electron chi connectivity index (χ0n) is 14.6. The van der Waals surface area contributed by atoms with E-state index in [0.29, 0.717) is 16.3 Å². The Morgan fingerprint density at radius 1 is 1.17 bits per heavy atom. The molecule has 0 radical (unpaired) electrons. The molecule has 1 aromatic heterocycles. The van der Waals surface area contributed by atoms with Gasteiger partial charge in [-0.05, 0) is 33.8 Å². The third-order valence-electron chi connectivity index (χ3n) is 3.82. The summed E-state index contributed by atoms with van der Waals surface area (Å²) in [7, 11) is 1.58. The van der Waals surface area contributed by atoms with E-state index in [2.05, 4.69) is 10.3 Å². The molecule has 0 spiro atoms. The lowest BCUT2D eigenvalue weighted by Crippen LogP contribution is -2.51. The van der Waals surface area contributed by atoms with Crippen molar-refractivity contribution in [3.05, 3.63) is 46.4 Å². The summed E-state index contributed by atoms with van der Waals surface area (Å²) < 4.78 is 0. The number of carbonyl (C=O) groups excluding carboxylic acids is 2. The van der Waals surface area contributed by atoms with E-state index in [-0.39, 0.29) is 22.9 Å². The SMILES string of the molecule is CC(C(=O)NC(C)(C)C)N(C)C(=O)c1c[nH]c(=O)c2ccccc12. The van der Waals surface area contributed by atoms with Crippen LogP contribution in [-0.4, -0.2) is 40.3 Å². The minimum Gasteiger partial charge on any atom is -0.350 e. The topological polar surface area (TPSA) is 82.3 Å². The van der Waals surface area contributed by atoms with Gasteiger partial charge in [-0.3, -0.25) is 14.4 Å². The minimum absolute atomic E-state index is 0.230. The van der Waals surface area contributed by atoms with Crippen LogP contribution in [0, 0.1) is 0 Å². The number of likely N-dealkylation sites (N-methyl/N-ethyl adjacent to an activating group) is 1. The van der Waals surface area contributed by atoms with Crippen molar-refractivity contribution in [2.75, 3.05) is 7.05 Å². The smallest absolute Gasteiger partial charge is 0.256 e. The number of nitrogens with one attached hydrogen (secondary N) is 2. The summed E-state index contributed by atoms with van der Waals surface area (Å²) in [6.07, 6.45) is 1.40. The van der Waals surface area contributed by atoms with Gasteiger partial charge in [0.15, 0.2) is 0 Å². The number of rotatable bonds is 3. The molecule has 2 aromatic rings. The molecule has 0 saturated carbocycles. The van der Waals surface area contributed by atoms with Gasteiger partial charge in [0, 0.05) is 29.6 Å². The predicted octanol–water partition coefficient (Wildman–Crippen LogP) is 1.90. The van der Waals surface area contributed by atoms with Crippen molar-refractivity contribution < 1.29 is 9.59 Å². The van der Waals surface area contributed by atoms with E-state index in [1.807, 2.05) is 20.8 Å². The highest BCUT2D eigenvalue weighted by Crippen LogP contribution is 2.17. The van der Waals surface area contributed by atoms with Crippen LogP contribution in [0.4, 0.5) is 0 Å². The normalized spacial score (nSPS) is 12.7. The lowest BCUT2D eigenvalue weighted by atomic mass is 10.1. The second-order valence-corrected chi connectivity index (χ2v) is 6.91. The standard InChI is InChI=1S/C18H23N3O3/c1-11(15(22)20-18(2,3)4)21(5)17(24)14-10-19-16(23)13-9-7-6-8-12(13)14/h6-11H,1-5H3,(H,19,23)(H,20,22). The fraction of sp³-hybridized carbons (Fsp3) is 0.389. The van der Waals surface area contributed by atoms with Crippen LogP contribution in [0.25, 0.3) is 10.8 Å². The summed E-state index contributed by atoms with van der Waals surface area (Å²) in [5.41, 5.74) is -0.258. The van der Waals surface area contributed by atoms with E-state index in [0.717, 1.165) is 0 Å². The largest absolute Gasteiger partial charge is 0.350 e. The second-order valence-electron chi connectivity index (χ2n) is 6.91. The van der Waals surface area contributed by atoms with Crippen LogP contribution in [0.5, 0.6) is 0 Å². The molecular weight excluding hydrogens is 306 g/mol. The highest BCUT2D eigenvalue weighted by molar-refractivity contribution is 6.07. The fourth-order valence-electron chi connectivity index (χ4n) is 2.40. The van der Waals surface area contributed by atoms with Gasteiger partial charge >= 0.3 is 0 Å². The van der Waals surface area contributed by atoms with Gasteiger partial charge in [-0.15, -0.1) is 0 Å². The average Bonchev–Trinajstić information content (AvgIpc) is 2.52. The summed E-state index contributed by atoms with van der Waals surface area (Å²) in [5.74, 6) is -0.550. The van der Waals surface area contributed by atoms with Gasteiger partial charge in [0.05, 0.1) is 5.56 Å². The number of pyridine rings is 1. The van der Waals surface area contributed by atoms with Gasteiger partial charge in [-0.25, -0.2) is 0 Å². The first-order chi connectivity index (χ1) is 11.1. The lowest BCUT2D eigenvalue weighted by molar-refractivity contribution is -0.126. The Hall–Kier alpha value is -2.63. The Kier molecular flexibility index (Phi) is 4.78. The Labute approximate surface area is 140 Å². The van der Waals surface area contributed by atoms with Crippen molar-refractivity contribution in [3.8, 4) is 0 Å². The number of aromatic amines is 1. The van der Waals surface area contributed by atoms with Crippen LogP contribution in [0.1, 0.15) is 38.1 Å². The first-order valence-corrected chi connectivity index (χ1v) is 7.81. The molecule has 1 heterocycles. The predicted molar refractivity (Wildman–Crippen MR) is 94.0 cm³/mol. The third-order valence-corrected chi connectivity index (χ3v) is 3.82.